The molecule has 17 heavy (non-hydrogen) atoms. The zero-order chi connectivity index (χ0) is 12.4. The van der Waals surface area contributed by atoms with Gasteiger partial charge in [0.1, 0.15) is 5.69 Å². The Labute approximate surface area is 98.1 Å². The summed E-state index contributed by atoms with van der Waals surface area (Å²) < 4.78 is 1.57. The molecular weight excluding hydrogens is 218 g/mol. The predicted molar refractivity (Wildman–Crippen MR) is 65.2 cm³/mol. The van der Waals surface area contributed by atoms with Crippen molar-refractivity contribution in [2.75, 3.05) is 5.32 Å². The van der Waals surface area contributed by atoms with E-state index in [2.05, 4.69) is 10.4 Å². The summed E-state index contributed by atoms with van der Waals surface area (Å²) in [6.07, 6.45) is 0. The van der Waals surface area contributed by atoms with Gasteiger partial charge in [-0.25, -0.2) is 0 Å². The quantitative estimate of drug-likeness (QED) is 0.817. The number of aromatic nitrogens is 2. The zero-order valence-corrected chi connectivity index (χ0v) is 9.65. The molecule has 2 N–H and O–H groups in total. The number of benzene rings is 1. The lowest BCUT2D eigenvalue weighted by molar-refractivity contribution is 0.102. The normalized spacial score (nSPS) is 10.2. The van der Waals surface area contributed by atoms with Gasteiger partial charge in [-0.2, -0.15) is 0 Å². The van der Waals surface area contributed by atoms with Gasteiger partial charge in [-0.3, -0.25) is 19.4 Å². The minimum Gasteiger partial charge on any atom is -0.316 e. The minimum absolute atomic E-state index is 0.287. The standard InChI is InChI=1S/C12H13N3O2/c1-8-10(12(17)14-15(8)2)13-11(16)9-6-4-3-5-7-9/h3-7H,1-2H3,(H,13,16)(H,14,17). The maximum Gasteiger partial charge on any atom is 0.288 e. The Kier molecular flexibility index (Phi) is 2.82. The molecule has 1 amide bonds. The number of hydrogen-bond donors (Lipinski definition) is 2. The Morgan fingerprint density at radius 3 is 2.47 bits per heavy atom. The highest BCUT2D eigenvalue weighted by molar-refractivity contribution is 6.04. The molecule has 0 unspecified atom stereocenters. The first-order valence-corrected chi connectivity index (χ1v) is 5.21. The molecule has 0 spiro atoms. The van der Waals surface area contributed by atoms with Crippen molar-refractivity contribution in [2.45, 2.75) is 6.92 Å². The highest BCUT2D eigenvalue weighted by atomic mass is 16.2. The molecular formula is C12H13N3O2. The molecule has 5 heteroatoms. The van der Waals surface area contributed by atoms with E-state index in [-0.39, 0.29) is 11.5 Å². The number of nitrogens with zero attached hydrogens (tertiary/aromatic N) is 1. The van der Waals surface area contributed by atoms with Crippen LogP contribution in [0.2, 0.25) is 0 Å². The number of aryl methyl sites for hydroxylation is 1. The molecule has 0 radical (unpaired) electrons. The molecule has 0 aliphatic heterocycles. The molecule has 0 saturated carbocycles. The van der Waals surface area contributed by atoms with Crippen LogP contribution in [0.15, 0.2) is 35.1 Å². The Morgan fingerprint density at radius 1 is 1.29 bits per heavy atom. The number of aromatic amines is 1. The van der Waals surface area contributed by atoms with E-state index in [1.807, 2.05) is 6.07 Å². The van der Waals surface area contributed by atoms with E-state index >= 15 is 0 Å². The van der Waals surface area contributed by atoms with Gasteiger partial charge in [0.15, 0.2) is 0 Å². The summed E-state index contributed by atoms with van der Waals surface area (Å²) in [6.45, 7) is 1.76. The van der Waals surface area contributed by atoms with Gasteiger partial charge >= 0.3 is 0 Å². The van der Waals surface area contributed by atoms with Crippen LogP contribution in [-0.4, -0.2) is 15.7 Å². The van der Waals surface area contributed by atoms with Crippen LogP contribution in [0.25, 0.3) is 0 Å². The maximum atomic E-state index is 11.9. The minimum atomic E-state index is -0.297. The summed E-state index contributed by atoms with van der Waals surface area (Å²) >= 11 is 0. The number of anilines is 1. The second kappa shape index (κ2) is 4.29. The molecule has 0 aliphatic carbocycles. The van der Waals surface area contributed by atoms with Crippen LogP contribution in [0.4, 0.5) is 5.69 Å². The molecule has 0 saturated heterocycles. The van der Waals surface area contributed by atoms with E-state index in [4.69, 9.17) is 0 Å². The summed E-state index contributed by atoms with van der Waals surface area (Å²) in [5, 5.41) is 5.19. The first-order chi connectivity index (χ1) is 8.09. The van der Waals surface area contributed by atoms with Gasteiger partial charge in [0.05, 0.1) is 5.69 Å². The Bertz CT molecular complexity index is 596. The first kappa shape index (κ1) is 11.2. The van der Waals surface area contributed by atoms with Gasteiger partial charge < -0.3 is 5.32 Å². The summed E-state index contributed by atoms with van der Waals surface area (Å²) in [5.74, 6) is -0.287. The topological polar surface area (TPSA) is 66.9 Å². The van der Waals surface area contributed by atoms with E-state index in [0.29, 0.717) is 16.9 Å². The summed E-state index contributed by atoms with van der Waals surface area (Å²) in [5.41, 5.74) is 1.21. The van der Waals surface area contributed by atoms with Crippen LogP contribution in [0.5, 0.6) is 0 Å². The molecule has 2 rings (SSSR count). The van der Waals surface area contributed by atoms with Gasteiger partial charge in [-0.1, -0.05) is 18.2 Å². The van der Waals surface area contributed by atoms with Crippen LogP contribution < -0.4 is 10.9 Å². The third-order valence-corrected chi connectivity index (χ3v) is 2.64. The number of nitrogens with one attached hydrogen (secondary N) is 2. The molecule has 1 aromatic carbocycles. The van der Waals surface area contributed by atoms with Crippen molar-refractivity contribution in [1.82, 2.24) is 9.78 Å². The lowest BCUT2D eigenvalue weighted by Crippen LogP contribution is -2.17. The Hall–Kier alpha value is -2.30. The lowest BCUT2D eigenvalue weighted by atomic mass is 10.2. The largest absolute Gasteiger partial charge is 0.316 e. The predicted octanol–water partition coefficient (Wildman–Crippen LogP) is 1.27. The van der Waals surface area contributed by atoms with Crippen LogP contribution in [-0.2, 0) is 7.05 Å². The molecule has 88 valence electrons. The van der Waals surface area contributed by atoms with Crippen molar-refractivity contribution in [3.8, 4) is 0 Å². The number of carbonyl (C=O) groups is 1. The molecule has 0 bridgehead atoms. The van der Waals surface area contributed by atoms with E-state index in [1.54, 1.807) is 42.9 Å². The third kappa shape index (κ3) is 2.13. The van der Waals surface area contributed by atoms with Crippen molar-refractivity contribution in [3.63, 3.8) is 0 Å². The molecule has 1 aromatic heterocycles. The molecule has 0 aliphatic rings. The van der Waals surface area contributed by atoms with Crippen molar-refractivity contribution >= 4 is 11.6 Å². The number of amides is 1. The van der Waals surface area contributed by atoms with Crippen molar-refractivity contribution < 1.29 is 4.79 Å². The van der Waals surface area contributed by atoms with E-state index in [1.165, 1.54) is 0 Å². The van der Waals surface area contributed by atoms with Gasteiger partial charge in [0.2, 0.25) is 0 Å². The summed E-state index contributed by atoms with van der Waals surface area (Å²) in [4.78, 5) is 23.4. The maximum absolute atomic E-state index is 11.9. The highest BCUT2D eigenvalue weighted by Crippen LogP contribution is 2.09. The Balaban J connectivity index is 2.28. The van der Waals surface area contributed by atoms with Gasteiger partial charge in [0.25, 0.3) is 11.5 Å². The Morgan fingerprint density at radius 2 is 1.94 bits per heavy atom. The number of H-pyrrole nitrogens is 1. The lowest BCUT2D eigenvalue weighted by Gasteiger charge is -2.03. The smallest absolute Gasteiger partial charge is 0.288 e. The van der Waals surface area contributed by atoms with Crippen molar-refractivity contribution in [3.05, 3.63) is 51.9 Å². The molecule has 0 fully saturated rings. The summed E-state index contributed by atoms with van der Waals surface area (Å²) in [6, 6.07) is 8.77. The average Bonchev–Trinajstić information content (AvgIpc) is 2.57. The number of rotatable bonds is 2. The second-order valence-electron chi connectivity index (χ2n) is 3.78. The van der Waals surface area contributed by atoms with E-state index < -0.39 is 0 Å². The monoisotopic (exact) mass is 231 g/mol. The summed E-state index contributed by atoms with van der Waals surface area (Å²) in [7, 11) is 1.72. The van der Waals surface area contributed by atoms with Gasteiger partial charge in [-0.05, 0) is 19.1 Å². The van der Waals surface area contributed by atoms with Crippen LogP contribution >= 0.6 is 0 Å². The number of carbonyl (C=O) groups excluding carboxylic acids is 1. The fourth-order valence-electron chi connectivity index (χ4n) is 1.55. The van der Waals surface area contributed by atoms with Crippen molar-refractivity contribution in [1.29, 1.82) is 0 Å². The SMILES string of the molecule is Cc1c(NC(=O)c2ccccc2)c(=O)[nH]n1C. The average molecular weight is 231 g/mol. The zero-order valence-electron chi connectivity index (χ0n) is 9.65. The van der Waals surface area contributed by atoms with Crippen LogP contribution in [0.1, 0.15) is 16.1 Å². The fraction of sp³-hybridized carbons (Fsp3) is 0.167. The van der Waals surface area contributed by atoms with Crippen molar-refractivity contribution in [2.24, 2.45) is 7.05 Å². The molecule has 1 heterocycles. The molecule has 0 atom stereocenters. The van der Waals surface area contributed by atoms with Crippen LogP contribution in [0.3, 0.4) is 0 Å². The molecule has 5 nitrogen and oxygen atoms in total. The van der Waals surface area contributed by atoms with E-state index in [9.17, 15) is 9.59 Å². The van der Waals surface area contributed by atoms with Crippen LogP contribution in [0, 0.1) is 6.92 Å². The van der Waals surface area contributed by atoms with E-state index in [0.717, 1.165) is 0 Å². The van der Waals surface area contributed by atoms with Gasteiger partial charge in [0, 0.05) is 12.6 Å². The third-order valence-electron chi connectivity index (χ3n) is 2.64. The first-order valence-electron chi connectivity index (χ1n) is 5.21. The number of hydrogen-bond acceptors (Lipinski definition) is 2. The second-order valence-corrected chi connectivity index (χ2v) is 3.78. The molecule has 2 aromatic rings. The fourth-order valence-corrected chi connectivity index (χ4v) is 1.55. The highest BCUT2D eigenvalue weighted by Gasteiger charge is 2.12. The van der Waals surface area contributed by atoms with Gasteiger partial charge in [-0.15, -0.1) is 0 Å².